The average molecular weight is 571 g/mol. The molecule has 5 rings (SSSR count). The third-order valence-corrected chi connectivity index (χ3v) is 7.32. The van der Waals surface area contributed by atoms with Gasteiger partial charge in [0, 0.05) is 61.8 Å². The minimum atomic E-state index is -3.01. The Morgan fingerprint density at radius 2 is 1.90 bits per heavy atom. The molecule has 2 aromatic heterocycles. The number of aryl methyl sites for hydroxylation is 1. The molecule has 1 amide bonds. The van der Waals surface area contributed by atoms with Crippen molar-refractivity contribution in [2.45, 2.75) is 33.0 Å². The summed E-state index contributed by atoms with van der Waals surface area (Å²) in [6, 6.07) is 7.39. The van der Waals surface area contributed by atoms with Gasteiger partial charge in [0.2, 0.25) is 11.9 Å². The van der Waals surface area contributed by atoms with Crippen molar-refractivity contribution in [3.63, 3.8) is 0 Å². The summed E-state index contributed by atoms with van der Waals surface area (Å²) in [4.78, 5) is 37.2. The number of aliphatic hydroxyl groups excluding tert-OH is 1. The molecule has 1 fully saturated rings. The standard InChI is InChI=1S/C28H29F3N6O4/c1-16-4-5-24(41-27(30)31)18(8-16)14-37-23-10-20(22(29)9-21(23)26(40)34(37)3)19-11-32-28(33-12-19)36-7-6-35(13-17(36)2)25(39)15-38/h4-5,8-12,17,27,38H,6-7,13-15H2,1-3H3/t17-/m1/s1. The molecule has 216 valence electrons. The van der Waals surface area contributed by atoms with Gasteiger partial charge < -0.3 is 19.6 Å². The third-order valence-electron chi connectivity index (χ3n) is 7.32. The molecule has 1 atom stereocenters. The van der Waals surface area contributed by atoms with Crippen LogP contribution in [0.1, 0.15) is 18.1 Å². The number of carbonyl (C=O) groups excluding carboxylic acids is 1. The minimum absolute atomic E-state index is 0.0120. The van der Waals surface area contributed by atoms with E-state index in [-0.39, 0.29) is 35.2 Å². The summed E-state index contributed by atoms with van der Waals surface area (Å²) in [5.41, 5.74) is 1.78. The normalized spacial score (nSPS) is 15.7. The van der Waals surface area contributed by atoms with Gasteiger partial charge in [-0.15, -0.1) is 0 Å². The molecule has 2 aromatic carbocycles. The molecule has 1 saturated heterocycles. The van der Waals surface area contributed by atoms with Crippen molar-refractivity contribution in [3.05, 3.63) is 70.0 Å². The SMILES string of the molecule is Cc1ccc(OC(F)F)c(Cn2c3cc(-c4cnc(N5CCN(C(=O)CO)C[C@H]5C)nc4)c(F)cc3c(=O)n2C)c1. The number of amides is 1. The lowest BCUT2D eigenvalue weighted by Crippen LogP contribution is -2.54. The summed E-state index contributed by atoms with van der Waals surface area (Å²) in [6.45, 7) is 1.50. The molecule has 41 heavy (non-hydrogen) atoms. The van der Waals surface area contributed by atoms with Gasteiger partial charge in [0.15, 0.2) is 0 Å². The molecule has 0 saturated carbocycles. The Kier molecular flexibility index (Phi) is 7.72. The molecule has 1 N–H and O–H groups in total. The van der Waals surface area contributed by atoms with Gasteiger partial charge >= 0.3 is 6.61 Å². The number of rotatable bonds is 7. The fourth-order valence-corrected chi connectivity index (χ4v) is 5.20. The largest absolute Gasteiger partial charge is 0.434 e. The zero-order valence-corrected chi connectivity index (χ0v) is 22.7. The number of fused-ring (bicyclic) bond motifs is 1. The van der Waals surface area contributed by atoms with Crippen LogP contribution < -0.4 is 15.2 Å². The number of nitrogens with zero attached hydrogens (tertiary/aromatic N) is 6. The van der Waals surface area contributed by atoms with Gasteiger partial charge in [-0.05, 0) is 32.0 Å². The maximum Gasteiger partial charge on any atom is 0.387 e. The lowest BCUT2D eigenvalue weighted by molar-refractivity contribution is -0.134. The molecule has 4 aromatic rings. The zero-order chi connectivity index (χ0) is 29.4. The minimum Gasteiger partial charge on any atom is -0.434 e. The Morgan fingerprint density at radius 1 is 1.17 bits per heavy atom. The molecule has 0 bridgehead atoms. The van der Waals surface area contributed by atoms with Crippen LogP contribution in [0.5, 0.6) is 5.75 Å². The van der Waals surface area contributed by atoms with Crippen molar-refractivity contribution >= 4 is 22.8 Å². The lowest BCUT2D eigenvalue weighted by atomic mass is 10.1. The van der Waals surface area contributed by atoms with Crippen molar-refractivity contribution in [1.82, 2.24) is 24.2 Å². The molecular weight excluding hydrogens is 541 g/mol. The lowest BCUT2D eigenvalue weighted by Gasteiger charge is -2.39. The second-order valence-corrected chi connectivity index (χ2v) is 10.0. The van der Waals surface area contributed by atoms with Crippen molar-refractivity contribution < 1.29 is 27.8 Å². The summed E-state index contributed by atoms with van der Waals surface area (Å²) in [5.74, 6) is -0.563. The highest BCUT2D eigenvalue weighted by atomic mass is 19.3. The number of carbonyl (C=O) groups is 1. The first-order chi connectivity index (χ1) is 19.6. The Hall–Kier alpha value is -4.39. The monoisotopic (exact) mass is 570 g/mol. The van der Waals surface area contributed by atoms with Crippen LogP contribution in [-0.2, 0) is 18.4 Å². The molecule has 3 heterocycles. The Labute approximate surface area is 233 Å². The van der Waals surface area contributed by atoms with Gasteiger partial charge in [-0.1, -0.05) is 17.7 Å². The summed E-state index contributed by atoms with van der Waals surface area (Å²) in [5, 5.41) is 9.27. The molecule has 1 aliphatic heterocycles. The van der Waals surface area contributed by atoms with Crippen molar-refractivity contribution in [3.8, 4) is 16.9 Å². The molecule has 0 spiro atoms. The fraction of sp³-hybridized carbons (Fsp3) is 0.357. The number of alkyl halides is 2. The van der Waals surface area contributed by atoms with E-state index in [1.807, 2.05) is 18.7 Å². The van der Waals surface area contributed by atoms with Crippen molar-refractivity contribution in [2.75, 3.05) is 31.1 Å². The molecule has 0 aliphatic carbocycles. The van der Waals surface area contributed by atoms with Gasteiger partial charge in [0.1, 0.15) is 18.2 Å². The van der Waals surface area contributed by atoms with E-state index in [9.17, 15) is 18.4 Å². The van der Waals surface area contributed by atoms with E-state index in [2.05, 4.69) is 9.97 Å². The quantitative estimate of drug-likeness (QED) is 0.364. The van der Waals surface area contributed by atoms with Gasteiger partial charge in [-0.25, -0.2) is 14.4 Å². The van der Waals surface area contributed by atoms with Gasteiger partial charge in [-0.2, -0.15) is 8.78 Å². The third kappa shape index (κ3) is 5.49. The first kappa shape index (κ1) is 28.1. The Bertz CT molecular complexity index is 1650. The number of piperazine rings is 1. The first-order valence-electron chi connectivity index (χ1n) is 13.0. The molecule has 1 aliphatic rings. The first-order valence-corrected chi connectivity index (χ1v) is 13.0. The van der Waals surface area contributed by atoms with Crippen LogP contribution in [0.3, 0.4) is 0 Å². The smallest absolute Gasteiger partial charge is 0.387 e. The van der Waals surface area contributed by atoms with E-state index >= 15 is 4.39 Å². The number of benzene rings is 2. The maximum absolute atomic E-state index is 15.3. The number of halogens is 3. The highest BCUT2D eigenvalue weighted by molar-refractivity contribution is 5.85. The van der Waals surface area contributed by atoms with Crippen LogP contribution >= 0.6 is 0 Å². The second kappa shape index (κ2) is 11.2. The predicted octanol–water partition coefficient (Wildman–Crippen LogP) is 2.92. The van der Waals surface area contributed by atoms with Crippen LogP contribution in [-0.4, -0.2) is 74.1 Å². The van der Waals surface area contributed by atoms with Crippen LogP contribution in [0, 0.1) is 12.7 Å². The van der Waals surface area contributed by atoms with Crippen LogP contribution in [0.2, 0.25) is 0 Å². The van der Waals surface area contributed by atoms with Crippen LogP contribution in [0.15, 0.2) is 47.5 Å². The maximum atomic E-state index is 15.3. The summed E-state index contributed by atoms with van der Waals surface area (Å²) in [6.07, 6.45) is 2.98. The second-order valence-electron chi connectivity index (χ2n) is 10.0. The van der Waals surface area contributed by atoms with Crippen LogP contribution in [0.25, 0.3) is 22.0 Å². The van der Waals surface area contributed by atoms with E-state index in [0.717, 1.165) is 11.6 Å². The van der Waals surface area contributed by atoms with Gasteiger partial charge in [0.25, 0.3) is 5.56 Å². The highest BCUT2D eigenvalue weighted by Gasteiger charge is 2.28. The predicted molar refractivity (Wildman–Crippen MR) is 146 cm³/mol. The number of aromatic nitrogens is 4. The van der Waals surface area contributed by atoms with E-state index in [1.165, 1.54) is 36.3 Å². The topological polar surface area (TPSA) is 106 Å². The van der Waals surface area contributed by atoms with E-state index < -0.39 is 24.6 Å². The number of hydrogen-bond acceptors (Lipinski definition) is 7. The summed E-state index contributed by atoms with van der Waals surface area (Å²) in [7, 11) is 1.52. The summed E-state index contributed by atoms with van der Waals surface area (Å²) < 4.78 is 48.9. The average Bonchev–Trinajstić information content (AvgIpc) is 3.17. The van der Waals surface area contributed by atoms with E-state index in [1.54, 1.807) is 21.7 Å². The van der Waals surface area contributed by atoms with Crippen LogP contribution in [0.4, 0.5) is 19.1 Å². The van der Waals surface area contributed by atoms with Crippen molar-refractivity contribution in [1.29, 1.82) is 0 Å². The van der Waals surface area contributed by atoms with Crippen molar-refractivity contribution in [2.24, 2.45) is 7.05 Å². The Balaban J connectivity index is 1.48. The molecule has 0 radical (unpaired) electrons. The number of anilines is 1. The molecule has 0 unspecified atom stereocenters. The van der Waals surface area contributed by atoms with E-state index in [0.29, 0.717) is 42.2 Å². The molecule has 13 heteroatoms. The highest BCUT2D eigenvalue weighted by Crippen LogP contribution is 2.29. The van der Waals surface area contributed by atoms with Gasteiger partial charge in [-0.3, -0.25) is 19.0 Å². The summed E-state index contributed by atoms with van der Waals surface area (Å²) >= 11 is 0. The number of aliphatic hydroxyl groups is 1. The number of ether oxygens (including phenoxy) is 1. The van der Waals surface area contributed by atoms with Gasteiger partial charge in [0.05, 0.1) is 17.4 Å². The molecular formula is C28H29F3N6O4. The Morgan fingerprint density at radius 3 is 2.56 bits per heavy atom. The fourth-order valence-electron chi connectivity index (χ4n) is 5.20. The van der Waals surface area contributed by atoms with E-state index in [4.69, 9.17) is 9.84 Å². The number of hydrogen-bond donors (Lipinski definition) is 1. The molecule has 10 nitrogen and oxygen atoms in total. The zero-order valence-electron chi connectivity index (χ0n) is 22.7.